The lowest BCUT2D eigenvalue weighted by atomic mass is 10.1. The average Bonchev–Trinajstić information content (AvgIpc) is 3.97. The molecule has 1 saturated heterocycles. The highest BCUT2D eigenvalue weighted by atomic mass is 31.2. The predicted molar refractivity (Wildman–Crippen MR) is 251 cm³/mol. The minimum atomic E-state index is -4.40. The van der Waals surface area contributed by atoms with Crippen molar-refractivity contribution in [2.75, 3.05) is 47.5 Å². The maximum Gasteiger partial charge on any atom is 0.472 e. The van der Waals surface area contributed by atoms with Crippen molar-refractivity contribution in [2.45, 2.75) is 199 Å². The largest absolute Gasteiger partial charge is 0.472 e. The second kappa shape index (κ2) is 38.2. The van der Waals surface area contributed by atoms with Gasteiger partial charge >= 0.3 is 19.8 Å². The van der Waals surface area contributed by atoms with E-state index in [-0.39, 0.29) is 26.1 Å². The van der Waals surface area contributed by atoms with Crippen molar-refractivity contribution >= 4 is 19.8 Å². The first-order chi connectivity index (χ1) is 29.5. The van der Waals surface area contributed by atoms with Crippen LogP contribution in [0.5, 0.6) is 0 Å². The standard InChI is InChI=1S/C50H88NO9P/c1-6-8-10-12-14-15-16-17-18-19-20-21-22-23-24-25-28-33-37-41-50(53)59-46(45-58-61(54,55)57-43-42-51(3,4)5)44-56-49(52)40-36-32-29-26-27-31-35-39-48-47(60-48)38-34-30-13-11-9-7-2/h14-15,17-18,26,29-31,34-35,46-48H,6-13,16,19-25,27-28,32-33,36-45H2,1-5H3/p+1/b15-14-,18-17-,29-26-,34-30-,35-31-/t46-,47?,48?/m1/s1. The summed E-state index contributed by atoms with van der Waals surface area (Å²) in [6.07, 6.45) is 48.7. The van der Waals surface area contributed by atoms with Crippen LogP contribution in [0.25, 0.3) is 0 Å². The number of phosphoric acid groups is 1. The number of carbonyl (C=O) groups is 2. The Hall–Kier alpha value is -2.33. The van der Waals surface area contributed by atoms with Gasteiger partial charge in [0.15, 0.2) is 6.10 Å². The zero-order valence-electron chi connectivity index (χ0n) is 39.3. The van der Waals surface area contributed by atoms with Gasteiger partial charge in [0.05, 0.1) is 40.0 Å². The summed E-state index contributed by atoms with van der Waals surface area (Å²) in [5, 5.41) is 0. The quantitative estimate of drug-likeness (QED) is 0.0159. The lowest BCUT2D eigenvalue weighted by Gasteiger charge is -2.24. The fraction of sp³-hybridized carbons (Fsp3) is 0.760. The molecule has 0 amide bonds. The minimum Gasteiger partial charge on any atom is -0.462 e. The summed E-state index contributed by atoms with van der Waals surface area (Å²) >= 11 is 0. The van der Waals surface area contributed by atoms with Gasteiger partial charge < -0.3 is 23.6 Å². The summed E-state index contributed by atoms with van der Waals surface area (Å²) in [5.74, 6) is -0.877. The van der Waals surface area contributed by atoms with E-state index in [2.05, 4.69) is 74.6 Å². The third kappa shape index (κ3) is 39.0. The van der Waals surface area contributed by atoms with Gasteiger partial charge in [-0.2, -0.15) is 0 Å². The molecule has 0 aromatic carbocycles. The van der Waals surface area contributed by atoms with Crippen molar-refractivity contribution < 1.29 is 46.8 Å². The van der Waals surface area contributed by atoms with Crippen LogP contribution < -0.4 is 0 Å². The normalized spacial score (nSPS) is 17.3. The summed E-state index contributed by atoms with van der Waals surface area (Å²) < 4.78 is 40.1. The molecule has 0 aromatic heterocycles. The molecule has 1 N–H and O–H groups in total. The number of epoxide rings is 1. The molecule has 11 heteroatoms. The number of likely N-dealkylation sites (N-methyl/N-ethyl adjacent to an activating group) is 1. The smallest absolute Gasteiger partial charge is 0.462 e. The number of nitrogens with zero attached hydrogens (tertiary/aromatic N) is 1. The maximum absolute atomic E-state index is 12.7. The molecule has 0 bridgehead atoms. The van der Waals surface area contributed by atoms with Gasteiger partial charge in [0.1, 0.15) is 19.8 Å². The molecule has 0 aromatic rings. The van der Waals surface area contributed by atoms with Gasteiger partial charge in [0, 0.05) is 12.8 Å². The lowest BCUT2D eigenvalue weighted by Crippen LogP contribution is -2.37. The number of hydrogen-bond donors (Lipinski definition) is 1. The number of carbonyl (C=O) groups excluding carboxylic acids is 2. The molecule has 10 nitrogen and oxygen atoms in total. The number of unbranched alkanes of at least 4 members (excludes halogenated alkanes) is 16. The second-order valence-electron chi connectivity index (χ2n) is 17.5. The number of hydrogen-bond acceptors (Lipinski definition) is 8. The molecule has 0 radical (unpaired) electrons. The zero-order valence-corrected chi connectivity index (χ0v) is 40.2. The van der Waals surface area contributed by atoms with Crippen LogP contribution in [0.4, 0.5) is 0 Å². The highest BCUT2D eigenvalue weighted by Crippen LogP contribution is 2.43. The molecule has 0 spiro atoms. The van der Waals surface area contributed by atoms with Crippen LogP contribution in [0.15, 0.2) is 60.8 Å². The van der Waals surface area contributed by atoms with Crippen molar-refractivity contribution in [1.29, 1.82) is 0 Å². The van der Waals surface area contributed by atoms with Gasteiger partial charge in [-0.15, -0.1) is 0 Å². The molecule has 1 heterocycles. The van der Waals surface area contributed by atoms with Crippen molar-refractivity contribution in [2.24, 2.45) is 0 Å². The van der Waals surface area contributed by atoms with E-state index in [1.54, 1.807) is 0 Å². The highest BCUT2D eigenvalue weighted by molar-refractivity contribution is 7.47. The van der Waals surface area contributed by atoms with Crippen LogP contribution in [0.1, 0.15) is 181 Å². The molecule has 1 fully saturated rings. The first kappa shape index (κ1) is 56.7. The van der Waals surface area contributed by atoms with E-state index in [0.717, 1.165) is 64.2 Å². The van der Waals surface area contributed by atoms with E-state index in [9.17, 15) is 19.0 Å². The van der Waals surface area contributed by atoms with Gasteiger partial charge in [-0.3, -0.25) is 18.6 Å². The molecule has 1 aliphatic heterocycles. The fourth-order valence-corrected chi connectivity index (χ4v) is 7.23. The van der Waals surface area contributed by atoms with Crippen LogP contribution >= 0.6 is 7.82 Å². The Labute approximate surface area is 372 Å². The Morgan fingerprint density at radius 3 is 1.61 bits per heavy atom. The Morgan fingerprint density at radius 2 is 1.05 bits per heavy atom. The Kier molecular flexibility index (Phi) is 35.5. The molecule has 3 unspecified atom stereocenters. The molecule has 1 rings (SSSR count). The van der Waals surface area contributed by atoms with Crippen molar-refractivity contribution in [3.05, 3.63) is 60.8 Å². The zero-order chi connectivity index (χ0) is 44.7. The summed E-state index contributed by atoms with van der Waals surface area (Å²) in [4.78, 5) is 35.5. The van der Waals surface area contributed by atoms with E-state index in [1.165, 1.54) is 77.0 Å². The van der Waals surface area contributed by atoms with E-state index in [0.29, 0.717) is 36.1 Å². The van der Waals surface area contributed by atoms with Crippen LogP contribution in [0.3, 0.4) is 0 Å². The fourth-order valence-electron chi connectivity index (χ4n) is 6.49. The number of esters is 2. The molecule has 352 valence electrons. The van der Waals surface area contributed by atoms with Crippen molar-refractivity contribution in [3.63, 3.8) is 0 Å². The second-order valence-corrected chi connectivity index (χ2v) is 19.0. The summed E-state index contributed by atoms with van der Waals surface area (Å²) in [6, 6.07) is 0. The van der Waals surface area contributed by atoms with E-state index in [1.807, 2.05) is 21.1 Å². The first-order valence-corrected chi connectivity index (χ1v) is 25.6. The Balaban J connectivity index is 2.29. The van der Waals surface area contributed by atoms with Gasteiger partial charge in [-0.1, -0.05) is 145 Å². The van der Waals surface area contributed by atoms with Crippen LogP contribution in [-0.2, 0) is 37.4 Å². The number of allylic oxidation sites excluding steroid dienone is 8. The van der Waals surface area contributed by atoms with Gasteiger partial charge in [0.2, 0.25) is 0 Å². The average molecular weight is 879 g/mol. The monoisotopic (exact) mass is 879 g/mol. The van der Waals surface area contributed by atoms with E-state index >= 15 is 0 Å². The van der Waals surface area contributed by atoms with Crippen LogP contribution in [-0.4, -0.2) is 87.1 Å². The van der Waals surface area contributed by atoms with Gasteiger partial charge in [-0.25, -0.2) is 4.57 Å². The summed E-state index contributed by atoms with van der Waals surface area (Å²) in [5.41, 5.74) is 0. The number of phosphoric ester groups is 1. The summed E-state index contributed by atoms with van der Waals surface area (Å²) in [6.45, 7) is 4.29. The third-order valence-electron chi connectivity index (χ3n) is 10.4. The molecule has 1 aliphatic rings. The molecule has 0 saturated carbocycles. The van der Waals surface area contributed by atoms with E-state index < -0.39 is 32.5 Å². The topological polar surface area (TPSA) is 121 Å². The van der Waals surface area contributed by atoms with Crippen molar-refractivity contribution in [3.8, 4) is 0 Å². The van der Waals surface area contributed by atoms with Gasteiger partial charge in [-0.05, 0) is 83.5 Å². The number of quaternary nitrogens is 1. The van der Waals surface area contributed by atoms with Gasteiger partial charge in [0.25, 0.3) is 0 Å². The summed E-state index contributed by atoms with van der Waals surface area (Å²) in [7, 11) is 1.43. The predicted octanol–water partition coefficient (Wildman–Crippen LogP) is 13.0. The molecule has 0 aliphatic carbocycles. The maximum atomic E-state index is 12.7. The first-order valence-electron chi connectivity index (χ1n) is 24.1. The van der Waals surface area contributed by atoms with Crippen LogP contribution in [0, 0.1) is 0 Å². The molecular formula is C50H89NO9P+. The number of rotatable bonds is 42. The minimum absolute atomic E-state index is 0.0177. The van der Waals surface area contributed by atoms with Crippen molar-refractivity contribution in [1.82, 2.24) is 0 Å². The lowest BCUT2D eigenvalue weighted by molar-refractivity contribution is -0.870. The van der Waals surface area contributed by atoms with Crippen LogP contribution in [0.2, 0.25) is 0 Å². The number of ether oxygens (including phenoxy) is 3. The molecule has 4 atom stereocenters. The Bertz CT molecular complexity index is 1290. The highest BCUT2D eigenvalue weighted by Gasteiger charge is 2.36. The molecule has 61 heavy (non-hydrogen) atoms. The third-order valence-corrected chi connectivity index (χ3v) is 11.4. The van der Waals surface area contributed by atoms with E-state index in [4.69, 9.17) is 23.3 Å². The molecular weight excluding hydrogens is 790 g/mol. The SMILES string of the molecule is CCCCC/C=C\C/C=C\CCCCCCCCCCCC(=O)O[C@H](COC(=O)CCC/C=C\C/C=C\CC1OC1C/C=C\CCCCC)COP(=O)(O)OCC[N+](C)(C)C. The Morgan fingerprint density at radius 1 is 0.590 bits per heavy atom.